The highest BCUT2D eigenvalue weighted by Crippen LogP contribution is 2.46. The Balaban J connectivity index is 2.07. The number of halogens is 1. The van der Waals surface area contributed by atoms with E-state index in [0.29, 0.717) is 28.0 Å². The van der Waals surface area contributed by atoms with Gasteiger partial charge in [-0.3, -0.25) is 4.79 Å². The van der Waals surface area contributed by atoms with Crippen LogP contribution in [0.4, 0.5) is 0 Å². The predicted octanol–water partition coefficient (Wildman–Crippen LogP) is 2.06. The summed E-state index contributed by atoms with van der Waals surface area (Å²) in [4.78, 5) is 11.0. The van der Waals surface area contributed by atoms with E-state index >= 15 is 0 Å². The van der Waals surface area contributed by atoms with Crippen molar-refractivity contribution in [2.24, 2.45) is 0 Å². The number of benzene rings is 1. The van der Waals surface area contributed by atoms with E-state index in [-0.39, 0.29) is 6.79 Å². The molecule has 4 nitrogen and oxygen atoms in total. The lowest BCUT2D eigenvalue weighted by molar-refractivity contribution is 0.111. The first-order valence-electron chi connectivity index (χ1n) is 5.41. The molecule has 1 saturated carbocycles. The van der Waals surface area contributed by atoms with Gasteiger partial charge in [-0.25, -0.2) is 0 Å². The summed E-state index contributed by atoms with van der Waals surface area (Å²) < 4.78 is 11.4. The Bertz CT molecular complexity index is 494. The molecule has 5 heteroatoms. The summed E-state index contributed by atoms with van der Waals surface area (Å²) in [7, 11) is 0. The molecular formula is C12H11BrO4. The molecule has 1 aliphatic heterocycles. The van der Waals surface area contributed by atoms with Crippen molar-refractivity contribution in [2.75, 3.05) is 6.79 Å². The number of rotatable bonds is 3. The van der Waals surface area contributed by atoms with Crippen LogP contribution in [0, 0.1) is 0 Å². The van der Waals surface area contributed by atoms with E-state index in [0.717, 1.165) is 24.7 Å². The van der Waals surface area contributed by atoms with E-state index in [1.54, 1.807) is 0 Å². The van der Waals surface area contributed by atoms with Gasteiger partial charge in [0, 0.05) is 16.5 Å². The van der Waals surface area contributed by atoms with E-state index in [1.807, 2.05) is 6.07 Å². The molecule has 0 saturated heterocycles. The Morgan fingerprint density at radius 3 is 2.76 bits per heavy atom. The Kier molecular flexibility index (Phi) is 2.41. The van der Waals surface area contributed by atoms with Gasteiger partial charge in [-0.05, 0) is 34.8 Å². The van der Waals surface area contributed by atoms with Gasteiger partial charge in [-0.2, -0.15) is 0 Å². The first-order chi connectivity index (χ1) is 8.13. The van der Waals surface area contributed by atoms with Crippen LogP contribution in [-0.4, -0.2) is 23.8 Å². The van der Waals surface area contributed by atoms with Crippen LogP contribution in [0.25, 0.3) is 0 Å². The van der Waals surface area contributed by atoms with E-state index in [4.69, 9.17) is 9.47 Å². The van der Waals surface area contributed by atoms with Crippen molar-refractivity contribution < 1.29 is 19.4 Å². The fraction of sp³-hybridized carbons (Fsp3) is 0.417. The van der Waals surface area contributed by atoms with Crippen LogP contribution in [0.15, 0.2) is 10.5 Å². The monoisotopic (exact) mass is 298 g/mol. The Morgan fingerprint density at radius 2 is 2.12 bits per heavy atom. The Labute approximate surface area is 107 Å². The number of carbonyl (C=O) groups excluding carboxylic acids is 1. The Morgan fingerprint density at radius 1 is 1.41 bits per heavy atom. The van der Waals surface area contributed by atoms with Crippen molar-refractivity contribution in [3.05, 3.63) is 21.7 Å². The number of ether oxygens (including phenoxy) is 2. The maximum absolute atomic E-state index is 11.0. The molecule has 1 N–H and O–H groups in total. The maximum atomic E-state index is 11.0. The van der Waals surface area contributed by atoms with Gasteiger partial charge < -0.3 is 14.6 Å². The van der Waals surface area contributed by atoms with Gasteiger partial charge in [0.2, 0.25) is 6.79 Å². The summed E-state index contributed by atoms with van der Waals surface area (Å²) in [6, 6.07) is 1.83. The van der Waals surface area contributed by atoms with E-state index in [2.05, 4.69) is 15.9 Å². The number of hydrogen-bond acceptors (Lipinski definition) is 4. The molecule has 1 aromatic carbocycles. The van der Waals surface area contributed by atoms with Gasteiger partial charge in [0.05, 0.1) is 11.2 Å². The molecule has 17 heavy (non-hydrogen) atoms. The van der Waals surface area contributed by atoms with Crippen molar-refractivity contribution in [1.82, 2.24) is 0 Å². The molecule has 0 unspecified atom stereocenters. The zero-order chi connectivity index (χ0) is 12.0. The minimum atomic E-state index is -0.595. The smallest absolute Gasteiger partial charge is 0.231 e. The second-order valence-corrected chi connectivity index (χ2v) is 5.37. The first kappa shape index (κ1) is 11.0. The molecule has 0 amide bonds. The van der Waals surface area contributed by atoms with E-state index in [9.17, 15) is 9.90 Å². The normalized spacial score (nSPS) is 19.2. The largest absolute Gasteiger partial charge is 0.453 e. The molecule has 0 aromatic heterocycles. The number of fused-ring (bicyclic) bond motifs is 1. The van der Waals surface area contributed by atoms with E-state index < -0.39 is 5.60 Å². The molecule has 0 atom stereocenters. The Hall–Kier alpha value is -1.07. The van der Waals surface area contributed by atoms with Crippen LogP contribution in [0.3, 0.4) is 0 Å². The van der Waals surface area contributed by atoms with Crippen molar-refractivity contribution in [1.29, 1.82) is 0 Å². The maximum Gasteiger partial charge on any atom is 0.231 e. The average Bonchev–Trinajstić information content (AvgIpc) is 2.81. The summed E-state index contributed by atoms with van der Waals surface area (Å²) in [6.07, 6.45) is 2.91. The molecule has 90 valence electrons. The number of aldehydes is 1. The SMILES string of the molecule is O=Cc1c(Br)cc(CC2(O)CC2)c2c1OCO2. The zero-order valence-corrected chi connectivity index (χ0v) is 10.6. The van der Waals surface area contributed by atoms with Crippen LogP contribution in [-0.2, 0) is 6.42 Å². The predicted molar refractivity (Wildman–Crippen MR) is 63.5 cm³/mol. The number of hydrogen-bond donors (Lipinski definition) is 1. The molecular weight excluding hydrogens is 288 g/mol. The second-order valence-electron chi connectivity index (χ2n) is 4.51. The average molecular weight is 299 g/mol. The minimum absolute atomic E-state index is 0.123. The van der Waals surface area contributed by atoms with Crippen LogP contribution in [0.1, 0.15) is 28.8 Å². The molecule has 3 rings (SSSR count). The lowest BCUT2D eigenvalue weighted by atomic mass is 10.0. The highest BCUT2D eigenvalue weighted by Gasteiger charge is 2.41. The lowest BCUT2D eigenvalue weighted by Gasteiger charge is -2.12. The fourth-order valence-corrected chi connectivity index (χ4v) is 2.59. The van der Waals surface area contributed by atoms with Crippen molar-refractivity contribution in [2.45, 2.75) is 24.9 Å². The van der Waals surface area contributed by atoms with E-state index in [1.165, 1.54) is 0 Å². The fourth-order valence-electron chi connectivity index (χ4n) is 2.04. The van der Waals surface area contributed by atoms with Gasteiger partial charge in [-0.15, -0.1) is 0 Å². The number of carbonyl (C=O) groups is 1. The topological polar surface area (TPSA) is 55.8 Å². The van der Waals surface area contributed by atoms with Gasteiger partial charge >= 0.3 is 0 Å². The standard InChI is InChI=1S/C12H11BrO4/c13-9-3-7(4-12(15)1-2-12)10-11(8(9)5-14)17-6-16-10/h3,5,15H,1-2,4,6H2. The van der Waals surface area contributed by atoms with Gasteiger partial charge in [0.15, 0.2) is 17.8 Å². The molecule has 2 aliphatic rings. The molecule has 0 bridgehead atoms. The molecule has 0 spiro atoms. The van der Waals surface area contributed by atoms with Crippen LogP contribution < -0.4 is 9.47 Å². The third kappa shape index (κ3) is 1.83. The third-order valence-electron chi connectivity index (χ3n) is 3.17. The van der Waals surface area contributed by atoms with Crippen LogP contribution in [0.2, 0.25) is 0 Å². The summed E-state index contributed by atoms with van der Waals surface area (Å²) in [5.74, 6) is 1.07. The second kappa shape index (κ2) is 3.71. The third-order valence-corrected chi connectivity index (χ3v) is 3.83. The molecule has 1 fully saturated rings. The van der Waals surface area contributed by atoms with Crippen molar-refractivity contribution in [3.63, 3.8) is 0 Å². The zero-order valence-electron chi connectivity index (χ0n) is 9.03. The molecule has 0 radical (unpaired) electrons. The minimum Gasteiger partial charge on any atom is -0.453 e. The number of aliphatic hydroxyl groups is 1. The van der Waals surface area contributed by atoms with Gasteiger partial charge in [0.1, 0.15) is 0 Å². The quantitative estimate of drug-likeness (QED) is 0.868. The van der Waals surface area contributed by atoms with Crippen LogP contribution >= 0.6 is 15.9 Å². The molecule has 1 heterocycles. The van der Waals surface area contributed by atoms with Crippen molar-refractivity contribution >= 4 is 22.2 Å². The lowest BCUT2D eigenvalue weighted by Crippen LogP contribution is -2.11. The molecule has 1 aliphatic carbocycles. The summed E-state index contributed by atoms with van der Waals surface area (Å²) in [5, 5.41) is 9.95. The molecule has 1 aromatic rings. The first-order valence-corrected chi connectivity index (χ1v) is 6.21. The highest BCUT2D eigenvalue weighted by atomic mass is 79.9. The van der Waals surface area contributed by atoms with Crippen molar-refractivity contribution in [3.8, 4) is 11.5 Å². The van der Waals surface area contributed by atoms with Gasteiger partial charge in [-0.1, -0.05) is 0 Å². The van der Waals surface area contributed by atoms with Crippen LogP contribution in [0.5, 0.6) is 11.5 Å². The summed E-state index contributed by atoms with van der Waals surface area (Å²) >= 11 is 3.34. The van der Waals surface area contributed by atoms with Gasteiger partial charge in [0.25, 0.3) is 0 Å². The highest BCUT2D eigenvalue weighted by molar-refractivity contribution is 9.10. The summed E-state index contributed by atoms with van der Waals surface area (Å²) in [5.41, 5.74) is 0.751. The summed E-state index contributed by atoms with van der Waals surface area (Å²) in [6.45, 7) is 0.123.